The molecule has 62 valence electrons. The number of hydrogen-bond acceptors (Lipinski definition) is 2. The molecule has 0 saturated heterocycles. The molecule has 2 heteroatoms. The molecule has 2 aromatic rings. The zero-order valence-corrected chi connectivity index (χ0v) is 6.86. The van der Waals surface area contributed by atoms with Gasteiger partial charge in [0, 0.05) is 22.6 Å². The monoisotopic (exact) mass is 169 g/mol. The minimum atomic E-state index is 0.325. The summed E-state index contributed by atoms with van der Waals surface area (Å²) in [7, 11) is 0. The first-order valence-corrected chi connectivity index (χ1v) is 4.15. The van der Waals surface area contributed by atoms with Crippen LogP contribution in [0.25, 0.3) is 10.8 Å². The van der Waals surface area contributed by atoms with Crippen molar-refractivity contribution in [2.24, 2.45) is 4.99 Å². The first kappa shape index (κ1) is 6.66. The molecule has 0 atom stereocenters. The molecule has 13 heavy (non-hydrogen) atoms. The topological polar surface area (TPSA) is 32.6 Å². The Morgan fingerprint density at radius 2 is 2.00 bits per heavy atom. The molecule has 3 rings (SSSR count). The molecule has 0 bridgehead atoms. The van der Waals surface area contributed by atoms with Crippen molar-refractivity contribution in [2.75, 3.05) is 0 Å². The maximum Gasteiger partial charge on any atom is 0.123 e. The van der Waals surface area contributed by atoms with Gasteiger partial charge in [0.15, 0.2) is 0 Å². The molecule has 1 N–H and O–H groups in total. The summed E-state index contributed by atoms with van der Waals surface area (Å²) in [4.78, 5) is 4.25. The number of nitrogens with zero attached hydrogens (tertiary/aromatic N) is 1. The van der Waals surface area contributed by atoms with Gasteiger partial charge in [-0.05, 0) is 18.2 Å². The molecule has 0 aliphatic carbocycles. The average Bonchev–Trinajstić information content (AvgIpc) is 2.57. The summed E-state index contributed by atoms with van der Waals surface area (Å²) in [5, 5.41) is 11.5. The molecule has 0 unspecified atom stereocenters. The van der Waals surface area contributed by atoms with Crippen LogP contribution in [0.2, 0.25) is 0 Å². The third kappa shape index (κ3) is 0.746. The van der Waals surface area contributed by atoms with Crippen LogP contribution in [0.15, 0.2) is 35.3 Å². The Hall–Kier alpha value is -1.83. The van der Waals surface area contributed by atoms with Crippen LogP contribution in [0.4, 0.5) is 5.69 Å². The van der Waals surface area contributed by atoms with Crippen LogP contribution >= 0.6 is 0 Å². The first-order valence-electron chi connectivity index (χ1n) is 4.15. The van der Waals surface area contributed by atoms with Crippen molar-refractivity contribution in [1.29, 1.82) is 0 Å². The van der Waals surface area contributed by atoms with Gasteiger partial charge in [0.2, 0.25) is 0 Å². The molecule has 0 saturated carbocycles. The van der Waals surface area contributed by atoms with Gasteiger partial charge in [0.05, 0.1) is 5.69 Å². The largest absolute Gasteiger partial charge is 0.507 e. The van der Waals surface area contributed by atoms with Crippen LogP contribution in [-0.4, -0.2) is 11.3 Å². The van der Waals surface area contributed by atoms with Crippen molar-refractivity contribution in [2.45, 2.75) is 0 Å². The van der Waals surface area contributed by atoms with E-state index in [2.05, 4.69) is 4.99 Å². The highest BCUT2D eigenvalue weighted by Crippen LogP contribution is 2.36. The highest BCUT2D eigenvalue weighted by molar-refractivity contribution is 6.12. The lowest BCUT2D eigenvalue weighted by Crippen LogP contribution is -1.78. The fourth-order valence-corrected chi connectivity index (χ4v) is 1.75. The normalized spacial score (nSPS) is 12.6. The van der Waals surface area contributed by atoms with E-state index in [0.717, 1.165) is 22.0 Å². The van der Waals surface area contributed by atoms with Gasteiger partial charge >= 0.3 is 0 Å². The lowest BCUT2D eigenvalue weighted by molar-refractivity contribution is 0.481. The zero-order chi connectivity index (χ0) is 8.84. The van der Waals surface area contributed by atoms with E-state index in [0.29, 0.717) is 5.75 Å². The number of phenols is 1. The predicted molar refractivity (Wildman–Crippen MR) is 52.9 cm³/mol. The smallest absolute Gasteiger partial charge is 0.123 e. The van der Waals surface area contributed by atoms with Gasteiger partial charge in [0.1, 0.15) is 5.75 Å². The van der Waals surface area contributed by atoms with Crippen molar-refractivity contribution >= 4 is 22.7 Å². The molecule has 1 aliphatic rings. The molecule has 0 fully saturated rings. The number of rotatable bonds is 0. The lowest BCUT2D eigenvalue weighted by Gasteiger charge is -2.01. The molecule has 2 aromatic carbocycles. The summed E-state index contributed by atoms with van der Waals surface area (Å²) in [5.41, 5.74) is 2.03. The van der Waals surface area contributed by atoms with Crippen LogP contribution in [-0.2, 0) is 0 Å². The van der Waals surface area contributed by atoms with Gasteiger partial charge in [-0.15, -0.1) is 0 Å². The third-order valence-electron chi connectivity index (χ3n) is 2.37. The zero-order valence-electron chi connectivity index (χ0n) is 6.86. The van der Waals surface area contributed by atoms with Gasteiger partial charge in [0.25, 0.3) is 0 Å². The molecule has 0 amide bonds. The second kappa shape index (κ2) is 2.10. The second-order valence-corrected chi connectivity index (χ2v) is 3.13. The number of benzene rings is 2. The molecule has 0 aromatic heterocycles. The van der Waals surface area contributed by atoms with E-state index in [1.807, 2.05) is 30.5 Å². The van der Waals surface area contributed by atoms with E-state index in [1.165, 1.54) is 0 Å². The standard InChI is InChI=1S/C11H7NO/c13-10-5-4-7-6-12-9-3-1-2-8(10)11(7)9/h1-6,13H. The van der Waals surface area contributed by atoms with E-state index in [1.54, 1.807) is 6.07 Å². The van der Waals surface area contributed by atoms with Crippen LogP contribution < -0.4 is 0 Å². The third-order valence-corrected chi connectivity index (χ3v) is 2.37. The average molecular weight is 169 g/mol. The van der Waals surface area contributed by atoms with Gasteiger partial charge < -0.3 is 5.11 Å². The Morgan fingerprint density at radius 3 is 2.92 bits per heavy atom. The number of aliphatic imine (C=N–C) groups is 1. The summed E-state index contributed by atoms with van der Waals surface area (Å²) in [5.74, 6) is 0.325. The van der Waals surface area contributed by atoms with E-state index < -0.39 is 0 Å². The lowest BCUT2D eigenvalue weighted by atomic mass is 10.0. The van der Waals surface area contributed by atoms with Gasteiger partial charge in [-0.3, -0.25) is 4.99 Å². The van der Waals surface area contributed by atoms with Gasteiger partial charge in [-0.2, -0.15) is 0 Å². The van der Waals surface area contributed by atoms with Crippen LogP contribution in [0.5, 0.6) is 5.75 Å². The fourth-order valence-electron chi connectivity index (χ4n) is 1.75. The van der Waals surface area contributed by atoms with Crippen molar-refractivity contribution in [3.05, 3.63) is 35.9 Å². The molecular formula is C11H7NO. The van der Waals surface area contributed by atoms with Gasteiger partial charge in [-0.1, -0.05) is 12.1 Å². The van der Waals surface area contributed by atoms with E-state index >= 15 is 0 Å². The number of phenolic OH excluding ortho intramolecular Hbond substituents is 1. The minimum Gasteiger partial charge on any atom is -0.507 e. The van der Waals surface area contributed by atoms with Crippen molar-refractivity contribution in [3.63, 3.8) is 0 Å². The fraction of sp³-hybridized carbons (Fsp3) is 0. The number of hydrogen-bond donors (Lipinski definition) is 1. The van der Waals surface area contributed by atoms with Crippen LogP contribution in [0.3, 0.4) is 0 Å². The van der Waals surface area contributed by atoms with Crippen LogP contribution in [0, 0.1) is 0 Å². The van der Waals surface area contributed by atoms with Crippen molar-refractivity contribution in [1.82, 2.24) is 0 Å². The maximum absolute atomic E-state index is 9.59. The van der Waals surface area contributed by atoms with E-state index in [4.69, 9.17) is 0 Å². The summed E-state index contributed by atoms with van der Waals surface area (Å²) < 4.78 is 0. The Labute approximate surface area is 75.2 Å². The summed E-state index contributed by atoms with van der Waals surface area (Å²) >= 11 is 0. The SMILES string of the molecule is Oc1ccc2c3c(cccc13)N=C2. The summed E-state index contributed by atoms with van der Waals surface area (Å²) in [6, 6.07) is 9.36. The van der Waals surface area contributed by atoms with E-state index in [-0.39, 0.29) is 0 Å². The highest BCUT2D eigenvalue weighted by Gasteiger charge is 2.11. The molecule has 1 aliphatic heterocycles. The summed E-state index contributed by atoms with van der Waals surface area (Å²) in [6.45, 7) is 0. The predicted octanol–water partition coefficient (Wildman–Crippen LogP) is 2.61. The van der Waals surface area contributed by atoms with Crippen molar-refractivity contribution < 1.29 is 5.11 Å². The maximum atomic E-state index is 9.59. The Kier molecular flexibility index (Phi) is 1.08. The Balaban J connectivity index is 2.63. The van der Waals surface area contributed by atoms with Crippen molar-refractivity contribution in [3.8, 4) is 5.75 Å². The van der Waals surface area contributed by atoms with E-state index in [9.17, 15) is 5.11 Å². The Morgan fingerprint density at radius 1 is 1.08 bits per heavy atom. The molecule has 0 spiro atoms. The Bertz CT molecular complexity index is 517. The number of aromatic hydroxyl groups is 1. The van der Waals surface area contributed by atoms with Gasteiger partial charge in [-0.25, -0.2) is 0 Å². The minimum absolute atomic E-state index is 0.325. The molecule has 0 radical (unpaired) electrons. The second-order valence-electron chi connectivity index (χ2n) is 3.13. The highest BCUT2D eigenvalue weighted by atomic mass is 16.3. The molecular weight excluding hydrogens is 162 g/mol. The molecule has 2 nitrogen and oxygen atoms in total. The molecule has 1 heterocycles. The van der Waals surface area contributed by atoms with Crippen LogP contribution in [0.1, 0.15) is 5.56 Å². The summed E-state index contributed by atoms with van der Waals surface area (Å²) in [6.07, 6.45) is 1.83. The first-order chi connectivity index (χ1) is 6.36. The quantitative estimate of drug-likeness (QED) is 0.551.